The van der Waals surface area contributed by atoms with Gasteiger partial charge in [-0.15, -0.1) is 0 Å². The highest BCUT2D eigenvalue weighted by atomic mass is 16.2. The maximum absolute atomic E-state index is 12.8. The predicted octanol–water partition coefficient (Wildman–Crippen LogP) is 2.88. The van der Waals surface area contributed by atoms with Crippen LogP contribution in [-0.4, -0.2) is 51.9 Å². The van der Waals surface area contributed by atoms with E-state index in [4.69, 9.17) is 5.26 Å². The van der Waals surface area contributed by atoms with Gasteiger partial charge in [-0.3, -0.25) is 4.79 Å². The number of fused-ring (bicyclic) bond motifs is 1. The molecule has 0 unspecified atom stereocenters. The molecular formula is C22H22N6O. The Bertz CT molecular complexity index is 1150. The minimum Gasteiger partial charge on any atom is -0.356 e. The van der Waals surface area contributed by atoms with Crippen LogP contribution in [0.2, 0.25) is 0 Å². The quantitative estimate of drug-likeness (QED) is 0.748. The van der Waals surface area contributed by atoms with Crippen LogP contribution >= 0.6 is 0 Å². The van der Waals surface area contributed by atoms with Gasteiger partial charge in [0.2, 0.25) is 0 Å². The lowest BCUT2D eigenvalue weighted by molar-refractivity contribution is -0.0541. The van der Waals surface area contributed by atoms with Crippen LogP contribution in [0.3, 0.4) is 0 Å². The van der Waals surface area contributed by atoms with Crippen LogP contribution < -0.4 is 4.90 Å². The molecule has 2 fully saturated rings. The first kappa shape index (κ1) is 17.7. The lowest BCUT2D eigenvalue weighted by atomic mass is 9.60. The first-order valence-corrected chi connectivity index (χ1v) is 9.81. The molecule has 1 aromatic carbocycles. The molecule has 0 atom stereocenters. The number of carbonyl (C=O) groups is 1. The van der Waals surface area contributed by atoms with E-state index in [0.29, 0.717) is 17.2 Å². The molecule has 1 aliphatic carbocycles. The second-order valence-electron chi connectivity index (χ2n) is 8.41. The number of hydrogen-bond acceptors (Lipinski definition) is 5. The standard InChI is InChI=1S/C22H22N6O/c1-14-7-15(10-23)3-4-17(14)21(29)28-11-22(12-28)8-16(9-22)27(2)20-18-5-6-24-19(18)25-13-26-20/h3-7,13,16H,8-9,11-12H2,1-2H3,(H,24,25,26). The number of rotatable bonds is 3. The molecule has 1 saturated carbocycles. The van der Waals surface area contributed by atoms with Gasteiger partial charge in [-0.1, -0.05) is 0 Å². The Kier molecular flexibility index (Phi) is 3.85. The van der Waals surface area contributed by atoms with E-state index in [1.807, 2.05) is 24.1 Å². The minimum absolute atomic E-state index is 0.0688. The molecule has 1 N–H and O–H groups in total. The third-order valence-corrected chi connectivity index (χ3v) is 6.48. The van der Waals surface area contributed by atoms with Gasteiger partial charge in [0.1, 0.15) is 17.8 Å². The van der Waals surface area contributed by atoms with E-state index >= 15 is 0 Å². The van der Waals surface area contributed by atoms with Gasteiger partial charge in [-0.25, -0.2) is 9.97 Å². The normalized spacial score (nSPS) is 17.6. The maximum atomic E-state index is 12.8. The zero-order valence-corrected chi connectivity index (χ0v) is 16.5. The van der Waals surface area contributed by atoms with Crippen molar-refractivity contribution in [1.29, 1.82) is 5.26 Å². The van der Waals surface area contributed by atoms with E-state index in [1.165, 1.54) is 0 Å². The fourth-order valence-corrected chi connectivity index (χ4v) is 4.84. The molecule has 29 heavy (non-hydrogen) atoms. The van der Waals surface area contributed by atoms with Crippen molar-refractivity contribution >= 4 is 22.8 Å². The summed E-state index contributed by atoms with van der Waals surface area (Å²) in [6.07, 6.45) is 5.62. The minimum atomic E-state index is 0.0688. The van der Waals surface area contributed by atoms with Crippen LogP contribution in [-0.2, 0) is 0 Å². The second-order valence-corrected chi connectivity index (χ2v) is 8.41. The lowest BCUT2D eigenvalue weighted by Gasteiger charge is -2.60. The SMILES string of the molecule is Cc1cc(C#N)ccc1C(=O)N1CC2(CC(N(C)c3ncnc4[nH]ccc34)C2)C1. The molecule has 7 heteroatoms. The molecule has 3 heterocycles. The van der Waals surface area contributed by atoms with E-state index in [9.17, 15) is 4.79 Å². The number of nitriles is 1. The number of nitrogens with one attached hydrogen (secondary N) is 1. The Hall–Kier alpha value is -3.40. The fourth-order valence-electron chi connectivity index (χ4n) is 4.84. The number of amides is 1. The number of H-pyrrole nitrogens is 1. The number of nitrogens with zero attached hydrogens (tertiary/aromatic N) is 5. The van der Waals surface area contributed by atoms with Crippen LogP contribution in [0.4, 0.5) is 5.82 Å². The summed E-state index contributed by atoms with van der Waals surface area (Å²) < 4.78 is 0. The molecule has 2 aromatic heterocycles. The Morgan fingerprint density at radius 3 is 2.83 bits per heavy atom. The Labute approximate surface area is 169 Å². The highest BCUT2D eigenvalue weighted by molar-refractivity contribution is 5.96. The molecular weight excluding hydrogens is 364 g/mol. The van der Waals surface area contributed by atoms with Crippen LogP contribution in [0.1, 0.15) is 34.3 Å². The average molecular weight is 386 g/mol. The van der Waals surface area contributed by atoms with E-state index in [2.05, 4.69) is 33.0 Å². The van der Waals surface area contributed by atoms with Crippen LogP contribution in [0.15, 0.2) is 36.8 Å². The number of aromatic nitrogens is 3. The fraction of sp³-hybridized carbons (Fsp3) is 0.364. The highest BCUT2D eigenvalue weighted by Gasteiger charge is 2.55. The Balaban J connectivity index is 1.23. The van der Waals surface area contributed by atoms with Gasteiger partial charge in [0.25, 0.3) is 5.91 Å². The lowest BCUT2D eigenvalue weighted by Crippen LogP contribution is -2.67. The van der Waals surface area contributed by atoms with Gasteiger partial charge in [-0.05, 0) is 49.6 Å². The summed E-state index contributed by atoms with van der Waals surface area (Å²) in [5, 5.41) is 10.0. The van der Waals surface area contributed by atoms with Crippen molar-refractivity contribution in [2.24, 2.45) is 5.41 Å². The summed E-state index contributed by atoms with van der Waals surface area (Å²) in [7, 11) is 2.09. The molecule has 5 rings (SSSR count). The number of aryl methyl sites for hydroxylation is 1. The summed E-state index contributed by atoms with van der Waals surface area (Å²) in [5.74, 6) is 1.02. The van der Waals surface area contributed by atoms with Crippen LogP contribution in [0.5, 0.6) is 0 Å². The number of hydrogen-bond donors (Lipinski definition) is 1. The average Bonchev–Trinajstić information content (AvgIpc) is 3.14. The summed E-state index contributed by atoms with van der Waals surface area (Å²) in [6, 6.07) is 9.83. The number of anilines is 1. The van der Waals surface area contributed by atoms with Crippen molar-refractivity contribution in [3.8, 4) is 6.07 Å². The zero-order chi connectivity index (χ0) is 20.2. The van der Waals surface area contributed by atoms with E-state index in [-0.39, 0.29) is 11.3 Å². The van der Waals surface area contributed by atoms with Crippen molar-refractivity contribution in [3.05, 3.63) is 53.5 Å². The van der Waals surface area contributed by atoms with E-state index in [1.54, 1.807) is 24.5 Å². The Morgan fingerprint density at radius 2 is 2.10 bits per heavy atom. The number of benzene rings is 1. The molecule has 1 saturated heterocycles. The molecule has 7 nitrogen and oxygen atoms in total. The van der Waals surface area contributed by atoms with Crippen molar-refractivity contribution < 1.29 is 4.79 Å². The molecule has 1 aliphatic heterocycles. The molecule has 3 aromatic rings. The first-order chi connectivity index (χ1) is 14.0. The molecule has 0 bridgehead atoms. The zero-order valence-electron chi connectivity index (χ0n) is 16.5. The summed E-state index contributed by atoms with van der Waals surface area (Å²) in [4.78, 5) is 28.9. The van der Waals surface area contributed by atoms with Gasteiger partial charge in [0.05, 0.1) is 17.0 Å². The largest absolute Gasteiger partial charge is 0.356 e. The van der Waals surface area contributed by atoms with Crippen molar-refractivity contribution in [2.75, 3.05) is 25.0 Å². The third-order valence-electron chi connectivity index (χ3n) is 6.48. The van der Waals surface area contributed by atoms with E-state index in [0.717, 1.165) is 48.3 Å². The number of aromatic amines is 1. The number of carbonyl (C=O) groups excluding carboxylic acids is 1. The van der Waals surface area contributed by atoms with Gasteiger partial charge >= 0.3 is 0 Å². The van der Waals surface area contributed by atoms with Crippen LogP contribution in [0.25, 0.3) is 11.0 Å². The van der Waals surface area contributed by atoms with Gasteiger partial charge < -0.3 is 14.8 Å². The summed E-state index contributed by atoms with van der Waals surface area (Å²) >= 11 is 0. The second kappa shape index (κ2) is 6.31. The monoisotopic (exact) mass is 386 g/mol. The number of likely N-dealkylation sites (tertiary alicyclic amines) is 1. The maximum Gasteiger partial charge on any atom is 0.254 e. The van der Waals surface area contributed by atoms with Crippen molar-refractivity contribution in [2.45, 2.75) is 25.8 Å². The van der Waals surface area contributed by atoms with E-state index < -0.39 is 0 Å². The summed E-state index contributed by atoms with van der Waals surface area (Å²) in [5.41, 5.74) is 3.24. The molecule has 0 radical (unpaired) electrons. The Morgan fingerprint density at radius 1 is 1.31 bits per heavy atom. The van der Waals surface area contributed by atoms with Crippen LogP contribution in [0, 0.1) is 23.7 Å². The first-order valence-electron chi connectivity index (χ1n) is 9.81. The van der Waals surface area contributed by atoms with Crippen molar-refractivity contribution in [3.63, 3.8) is 0 Å². The smallest absolute Gasteiger partial charge is 0.254 e. The molecule has 146 valence electrons. The highest BCUT2D eigenvalue weighted by Crippen LogP contribution is 2.51. The van der Waals surface area contributed by atoms with Gasteiger partial charge in [0, 0.05) is 43.4 Å². The van der Waals surface area contributed by atoms with Gasteiger partial charge in [0.15, 0.2) is 0 Å². The third kappa shape index (κ3) is 2.75. The van der Waals surface area contributed by atoms with Crippen molar-refractivity contribution in [1.82, 2.24) is 19.9 Å². The molecule has 2 aliphatic rings. The topological polar surface area (TPSA) is 88.9 Å². The predicted molar refractivity (Wildman–Crippen MR) is 110 cm³/mol. The molecule has 1 amide bonds. The molecule has 1 spiro atoms. The van der Waals surface area contributed by atoms with Gasteiger partial charge in [-0.2, -0.15) is 5.26 Å². The summed E-state index contributed by atoms with van der Waals surface area (Å²) in [6.45, 7) is 3.50.